The third kappa shape index (κ3) is 3.47. The summed E-state index contributed by atoms with van der Waals surface area (Å²) in [6.45, 7) is 0. The highest BCUT2D eigenvalue weighted by Gasteiger charge is 2.31. The van der Waals surface area contributed by atoms with Crippen molar-refractivity contribution in [3.05, 3.63) is 30.3 Å². The maximum atomic E-state index is 12.1. The van der Waals surface area contributed by atoms with Gasteiger partial charge in [0.05, 0.1) is 5.69 Å². The highest BCUT2D eigenvalue weighted by Crippen LogP contribution is 2.27. The van der Waals surface area contributed by atoms with E-state index in [1.165, 1.54) is 24.3 Å². The number of hydrogen-bond acceptors (Lipinski definition) is 5. The van der Waals surface area contributed by atoms with Gasteiger partial charge in [0.15, 0.2) is 0 Å². The number of nitrogens with two attached hydrogens (primary N) is 2. The number of ether oxygens (including phenoxy) is 1. The third-order valence-electron chi connectivity index (χ3n) is 2.13. The first-order chi connectivity index (χ1) is 8.83. The molecule has 1 aromatic heterocycles. The Labute approximate surface area is 106 Å². The standard InChI is InChI=1S/C11H9F3N4O/c12-11(13,14)19-7-3-1-2-6(4-7)8-5-9(15)18-10(16)17-8/h1-5H,(H4,15,16,17,18). The Bertz CT molecular complexity index is 580. The maximum absolute atomic E-state index is 12.1. The van der Waals surface area contributed by atoms with Gasteiger partial charge in [-0.2, -0.15) is 4.98 Å². The Morgan fingerprint density at radius 3 is 2.42 bits per heavy atom. The van der Waals surface area contributed by atoms with Crippen LogP contribution in [0.3, 0.4) is 0 Å². The van der Waals surface area contributed by atoms with Gasteiger partial charge in [-0.05, 0) is 12.1 Å². The zero-order valence-corrected chi connectivity index (χ0v) is 9.48. The minimum absolute atomic E-state index is 0.0582. The van der Waals surface area contributed by atoms with Crippen molar-refractivity contribution in [3.63, 3.8) is 0 Å². The Morgan fingerprint density at radius 1 is 1.05 bits per heavy atom. The molecule has 4 N–H and O–H groups in total. The van der Waals surface area contributed by atoms with Crippen LogP contribution in [0.1, 0.15) is 0 Å². The second-order valence-electron chi connectivity index (χ2n) is 3.61. The number of halogens is 3. The summed E-state index contributed by atoms with van der Waals surface area (Å²) in [5.74, 6) is -0.275. The number of hydrogen-bond donors (Lipinski definition) is 2. The number of benzene rings is 1. The maximum Gasteiger partial charge on any atom is 0.573 e. The number of anilines is 2. The van der Waals surface area contributed by atoms with Gasteiger partial charge >= 0.3 is 6.36 Å². The van der Waals surface area contributed by atoms with E-state index in [0.29, 0.717) is 11.3 Å². The lowest BCUT2D eigenvalue weighted by Gasteiger charge is -2.10. The van der Waals surface area contributed by atoms with Crippen LogP contribution in [-0.2, 0) is 0 Å². The molecule has 2 rings (SSSR count). The second-order valence-corrected chi connectivity index (χ2v) is 3.61. The molecule has 0 fully saturated rings. The van der Waals surface area contributed by atoms with Crippen LogP contribution in [0.5, 0.6) is 5.75 Å². The lowest BCUT2D eigenvalue weighted by atomic mass is 10.1. The number of alkyl halides is 3. The summed E-state index contributed by atoms with van der Waals surface area (Å²) in [6, 6.07) is 6.75. The van der Waals surface area contributed by atoms with Crippen LogP contribution in [0.2, 0.25) is 0 Å². The van der Waals surface area contributed by atoms with Crippen LogP contribution >= 0.6 is 0 Å². The predicted octanol–water partition coefficient (Wildman–Crippen LogP) is 2.21. The number of aromatic nitrogens is 2. The van der Waals surface area contributed by atoms with Crippen molar-refractivity contribution in [3.8, 4) is 17.0 Å². The summed E-state index contributed by atoms with van der Waals surface area (Å²) in [6.07, 6.45) is -4.75. The van der Waals surface area contributed by atoms with Crippen molar-refractivity contribution in [2.24, 2.45) is 0 Å². The Balaban J connectivity index is 2.37. The summed E-state index contributed by atoms with van der Waals surface area (Å²) < 4.78 is 40.2. The monoisotopic (exact) mass is 270 g/mol. The topological polar surface area (TPSA) is 87.0 Å². The minimum atomic E-state index is -4.75. The lowest BCUT2D eigenvalue weighted by Crippen LogP contribution is -2.17. The van der Waals surface area contributed by atoms with Gasteiger partial charge in [0, 0.05) is 11.6 Å². The average Bonchev–Trinajstić information content (AvgIpc) is 2.25. The SMILES string of the molecule is Nc1cc(-c2cccc(OC(F)(F)F)c2)nc(N)n1. The molecule has 0 aliphatic carbocycles. The molecule has 1 aromatic carbocycles. The summed E-state index contributed by atoms with van der Waals surface area (Å²) in [4.78, 5) is 7.57. The van der Waals surface area contributed by atoms with E-state index in [0.717, 1.165) is 0 Å². The minimum Gasteiger partial charge on any atom is -0.406 e. The molecular formula is C11H9F3N4O. The van der Waals surface area contributed by atoms with Crippen molar-refractivity contribution in [2.75, 3.05) is 11.5 Å². The van der Waals surface area contributed by atoms with E-state index in [-0.39, 0.29) is 17.5 Å². The smallest absolute Gasteiger partial charge is 0.406 e. The number of nitrogen functional groups attached to an aromatic ring is 2. The molecule has 100 valence electrons. The first-order valence-electron chi connectivity index (χ1n) is 5.10. The van der Waals surface area contributed by atoms with Gasteiger partial charge in [-0.3, -0.25) is 0 Å². The van der Waals surface area contributed by atoms with E-state index in [1.807, 2.05) is 0 Å². The Kier molecular flexibility index (Phi) is 3.16. The van der Waals surface area contributed by atoms with Crippen LogP contribution < -0.4 is 16.2 Å². The lowest BCUT2D eigenvalue weighted by molar-refractivity contribution is -0.274. The summed E-state index contributed by atoms with van der Waals surface area (Å²) in [5.41, 5.74) is 11.6. The third-order valence-corrected chi connectivity index (χ3v) is 2.13. The molecule has 0 aliphatic heterocycles. The largest absolute Gasteiger partial charge is 0.573 e. The zero-order valence-electron chi connectivity index (χ0n) is 9.48. The van der Waals surface area contributed by atoms with Crippen LogP contribution in [0.15, 0.2) is 30.3 Å². The van der Waals surface area contributed by atoms with E-state index in [9.17, 15) is 13.2 Å². The van der Waals surface area contributed by atoms with Crippen molar-refractivity contribution in [2.45, 2.75) is 6.36 Å². The van der Waals surface area contributed by atoms with Gasteiger partial charge in [-0.1, -0.05) is 12.1 Å². The molecular weight excluding hydrogens is 261 g/mol. The fraction of sp³-hybridized carbons (Fsp3) is 0.0909. The number of rotatable bonds is 2. The van der Waals surface area contributed by atoms with Crippen LogP contribution in [-0.4, -0.2) is 16.3 Å². The first-order valence-corrected chi connectivity index (χ1v) is 5.10. The van der Waals surface area contributed by atoms with E-state index in [2.05, 4.69) is 14.7 Å². The van der Waals surface area contributed by atoms with Gasteiger partial charge in [0.25, 0.3) is 0 Å². The number of nitrogens with zero attached hydrogens (tertiary/aromatic N) is 2. The molecule has 0 atom stereocenters. The molecule has 0 radical (unpaired) electrons. The van der Waals surface area contributed by atoms with Gasteiger partial charge in [-0.25, -0.2) is 4.98 Å². The Hall–Kier alpha value is -2.51. The van der Waals surface area contributed by atoms with Crippen molar-refractivity contribution in [1.82, 2.24) is 9.97 Å². The van der Waals surface area contributed by atoms with E-state index in [4.69, 9.17) is 11.5 Å². The molecule has 0 saturated carbocycles. The first kappa shape index (κ1) is 12.9. The highest BCUT2D eigenvalue weighted by atomic mass is 19.4. The van der Waals surface area contributed by atoms with Gasteiger partial charge in [0.1, 0.15) is 11.6 Å². The van der Waals surface area contributed by atoms with Crippen molar-refractivity contribution in [1.29, 1.82) is 0 Å². The fourth-order valence-corrected chi connectivity index (χ4v) is 1.49. The van der Waals surface area contributed by atoms with Crippen LogP contribution in [0.25, 0.3) is 11.3 Å². The average molecular weight is 270 g/mol. The molecule has 19 heavy (non-hydrogen) atoms. The predicted molar refractivity (Wildman–Crippen MR) is 63.0 cm³/mol. The molecule has 8 heteroatoms. The van der Waals surface area contributed by atoms with E-state index in [1.54, 1.807) is 6.07 Å². The summed E-state index contributed by atoms with van der Waals surface area (Å²) >= 11 is 0. The van der Waals surface area contributed by atoms with Gasteiger partial charge < -0.3 is 16.2 Å². The molecule has 0 spiro atoms. The molecule has 1 heterocycles. The normalized spacial score (nSPS) is 11.3. The van der Waals surface area contributed by atoms with Gasteiger partial charge in [0.2, 0.25) is 5.95 Å². The van der Waals surface area contributed by atoms with Crippen molar-refractivity contribution >= 4 is 11.8 Å². The van der Waals surface area contributed by atoms with E-state index < -0.39 is 6.36 Å². The van der Waals surface area contributed by atoms with Gasteiger partial charge in [-0.15, -0.1) is 13.2 Å². The molecule has 0 bridgehead atoms. The molecule has 0 unspecified atom stereocenters. The quantitative estimate of drug-likeness (QED) is 0.873. The van der Waals surface area contributed by atoms with Crippen LogP contribution in [0.4, 0.5) is 24.9 Å². The van der Waals surface area contributed by atoms with Crippen molar-refractivity contribution < 1.29 is 17.9 Å². The molecule has 5 nitrogen and oxygen atoms in total. The zero-order chi connectivity index (χ0) is 14.0. The summed E-state index contributed by atoms with van der Waals surface area (Å²) in [7, 11) is 0. The molecule has 0 saturated heterocycles. The summed E-state index contributed by atoms with van der Waals surface area (Å²) in [5, 5.41) is 0. The highest BCUT2D eigenvalue weighted by molar-refractivity contribution is 5.64. The Morgan fingerprint density at radius 2 is 1.79 bits per heavy atom. The molecule has 0 aliphatic rings. The fourth-order valence-electron chi connectivity index (χ4n) is 1.49. The van der Waals surface area contributed by atoms with E-state index >= 15 is 0 Å². The second kappa shape index (κ2) is 4.63. The molecule has 0 amide bonds. The van der Waals surface area contributed by atoms with Crippen LogP contribution in [0, 0.1) is 0 Å². The molecule has 2 aromatic rings.